The van der Waals surface area contributed by atoms with Crippen LogP contribution in [0.2, 0.25) is 0 Å². The van der Waals surface area contributed by atoms with Gasteiger partial charge in [-0.1, -0.05) is 65.1 Å². The Morgan fingerprint density at radius 2 is 1.65 bits per heavy atom. The predicted octanol–water partition coefficient (Wildman–Crippen LogP) is 4.14. The van der Waals surface area contributed by atoms with Crippen molar-refractivity contribution in [1.29, 1.82) is 0 Å². The van der Waals surface area contributed by atoms with E-state index in [1.165, 1.54) is 6.33 Å². The van der Waals surface area contributed by atoms with Gasteiger partial charge in [0.2, 0.25) is 0 Å². The Kier molecular flexibility index (Phi) is 11.2. The van der Waals surface area contributed by atoms with Crippen LogP contribution in [0.4, 0.5) is 5.82 Å². The molecular weight excluding hydrogens is 577 g/mol. The maximum Gasteiger partial charge on any atom is 0.331 e. The number of aliphatic hydroxyl groups excluding tert-OH is 1. The van der Waals surface area contributed by atoms with Crippen molar-refractivity contribution >= 4 is 58.3 Å². The second-order valence-electron chi connectivity index (χ2n) is 11.6. The van der Waals surface area contributed by atoms with Gasteiger partial charge in [0.25, 0.3) is 0 Å². The smallest absolute Gasteiger partial charge is 0.331 e. The predicted molar refractivity (Wildman–Crippen MR) is 157 cm³/mol. The van der Waals surface area contributed by atoms with Crippen molar-refractivity contribution in [3.05, 3.63) is 12.7 Å². The molecule has 3 rings (SSSR count). The average molecular weight is 618 g/mol. The summed E-state index contributed by atoms with van der Waals surface area (Å²) in [6.45, 7) is 10.8. The molecule has 40 heavy (non-hydrogen) atoms. The fourth-order valence-corrected chi connectivity index (χ4v) is 7.71. The van der Waals surface area contributed by atoms with Gasteiger partial charge in [-0.25, -0.2) is 15.0 Å². The van der Waals surface area contributed by atoms with E-state index in [-0.39, 0.29) is 47.9 Å². The van der Waals surface area contributed by atoms with Crippen LogP contribution in [0.25, 0.3) is 11.2 Å². The van der Waals surface area contributed by atoms with Gasteiger partial charge in [0.05, 0.1) is 38.4 Å². The second kappa shape index (κ2) is 13.6. The van der Waals surface area contributed by atoms with Gasteiger partial charge < -0.3 is 24.6 Å². The number of nitrogens with two attached hydrogens (primary N) is 1. The molecule has 1 saturated heterocycles. The minimum Gasteiger partial charge on any atom is -0.394 e. The number of aliphatic hydroxyl groups is 1. The van der Waals surface area contributed by atoms with Crippen molar-refractivity contribution in [2.24, 2.45) is 16.7 Å². The summed E-state index contributed by atoms with van der Waals surface area (Å²) in [4.78, 5) is 37.0. The van der Waals surface area contributed by atoms with Crippen LogP contribution in [-0.4, -0.2) is 78.4 Å². The number of ether oxygens (including phenoxy) is 1. The van der Waals surface area contributed by atoms with Crippen LogP contribution in [0.15, 0.2) is 12.7 Å². The van der Waals surface area contributed by atoms with E-state index < -0.39 is 30.8 Å². The normalized spacial score (nSPS) is 20.3. The Bertz CT molecular complexity index is 1190. The molecule has 1 aliphatic rings. The summed E-state index contributed by atoms with van der Waals surface area (Å²) >= 11 is 2.24. The van der Waals surface area contributed by atoms with Gasteiger partial charge in [-0.15, -0.1) is 0 Å². The van der Waals surface area contributed by atoms with E-state index in [1.54, 1.807) is 10.9 Å². The zero-order valence-electron chi connectivity index (χ0n) is 23.9. The van der Waals surface area contributed by atoms with E-state index in [1.807, 2.05) is 41.5 Å². The fourth-order valence-electron chi connectivity index (χ4n) is 3.91. The third kappa shape index (κ3) is 8.73. The number of anilines is 1. The first-order valence-corrected chi connectivity index (χ1v) is 16.8. The SMILES string of the molecule is CC(C)(C)C(=O)SCCOP(=O)(CC1CC(n2cnc3c(N)ncnc32)OC1CO)OCCSC(=O)C(C)(C)C. The maximum absolute atomic E-state index is 13.9. The van der Waals surface area contributed by atoms with E-state index in [9.17, 15) is 19.3 Å². The minimum absolute atomic E-state index is 0.00571. The van der Waals surface area contributed by atoms with Crippen molar-refractivity contribution < 1.29 is 33.0 Å². The summed E-state index contributed by atoms with van der Waals surface area (Å²) in [5.74, 6) is 0.505. The van der Waals surface area contributed by atoms with E-state index in [0.717, 1.165) is 23.5 Å². The molecule has 12 nitrogen and oxygen atoms in total. The van der Waals surface area contributed by atoms with E-state index >= 15 is 0 Å². The Labute approximate surface area is 243 Å². The number of fused-ring (bicyclic) bond motifs is 1. The van der Waals surface area contributed by atoms with Gasteiger partial charge in [0, 0.05) is 28.3 Å². The second-order valence-corrected chi connectivity index (χ2v) is 15.9. The van der Waals surface area contributed by atoms with Gasteiger partial charge in [-0.2, -0.15) is 0 Å². The number of imidazole rings is 1. The number of thioether (sulfide) groups is 2. The van der Waals surface area contributed by atoms with Crippen molar-refractivity contribution in [3.8, 4) is 0 Å². The molecule has 2 aromatic heterocycles. The molecule has 0 spiro atoms. The summed E-state index contributed by atoms with van der Waals surface area (Å²) < 4.78 is 33.4. The number of nitrogen functional groups attached to an aromatic ring is 1. The zero-order valence-corrected chi connectivity index (χ0v) is 26.4. The number of hydrogen-bond acceptors (Lipinski definition) is 13. The van der Waals surface area contributed by atoms with Crippen LogP contribution in [0, 0.1) is 16.7 Å². The van der Waals surface area contributed by atoms with Crippen molar-refractivity contribution in [2.45, 2.75) is 60.3 Å². The number of hydrogen-bond donors (Lipinski definition) is 2. The quantitative estimate of drug-likeness (QED) is 0.258. The molecule has 224 valence electrons. The first-order chi connectivity index (χ1) is 18.6. The number of nitrogens with zero attached hydrogens (tertiary/aromatic N) is 4. The lowest BCUT2D eigenvalue weighted by Gasteiger charge is -2.24. The van der Waals surface area contributed by atoms with E-state index in [0.29, 0.717) is 29.1 Å². The summed E-state index contributed by atoms with van der Waals surface area (Å²) in [6.07, 6.45) is 2.12. The Morgan fingerprint density at radius 3 is 2.17 bits per heavy atom. The molecule has 15 heteroatoms. The summed E-state index contributed by atoms with van der Waals surface area (Å²) in [6, 6.07) is 0. The molecule has 0 saturated carbocycles. The Balaban J connectivity index is 1.69. The summed E-state index contributed by atoms with van der Waals surface area (Å²) in [5, 5.41) is 10.1. The molecule has 2 aromatic rings. The van der Waals surface area contributed by atoms with Crippen LogP contribution < -0.4 is 5.73 Å². The van der Waals surface area contributed by atoms with Gasteiger partial charge in [0.15, 0.2) is 21.7 Å². The molecule has 1 aliphatic heterocycles. The van der Waals surface area contributed by atoms with Crippen LogP contribution in [0.1, 0.15) is 54.2 Å². The van der Waals surface area contributed by atoms with E-state index in [4.69, 9.17) is 19.5 Å². The van der Waals surface area contributed by atoms with Gasteiger partial charge in [-0.05, 0) is 6.42 Å². The first-order valence-electron chi connectivity index (χ1n) is 13.1. The average Bonchev–Trinajstić information content (AvgIpc) is 3.47. The van der Waals surface area contributed by atoms with Crippen LogP contribution in [-0.2, 0) is 27.9 Å². The molecule has 0 amide bonds. The number of carbonyl (C=O) groups is 2. The minimum atomic E-state index is -3.69. The fraction of sp³-hybridized carbons (Fsp3) is 0.720. The molecule has 3 N–H and O–H groups in total. The van der Waals surface area contributed by atoms with Crippen molar-refractivity contribution in [3.63, 3.8) is 0 Å². The molecule has 0 radical (unpaired) electrons. The van der Waals surface area contributed by atoms with Gasteiger partial charge in [-0.3, -0.25) is 18.7 Å². The third-order valence-electron chi connectivity index (χ3n) is 6.13. The molecule has 3 atom stereocenters. The molecule has 3 heterocycles. The standard InChI is InChI=1S/C25H40N5O7PS2/c1-24(2,3)22(32)39-9-7-35-38(34,36-8-10-40-23(33)25(4,5)6)13-16-11-18(37-17(16)12-31)30-15-29-19-20(26)27-14-28-21(19)30/h14-18,31H,7-13H2,1-6H3,(H2,26,27,28). The van der Waals surface area contributed by atoms with Crippen LogP contribution in [0.5, 0.6) is 0 Å². The lowest BCUT2D eigenvalue weighted by atomic mass is 9.99. The highest BCUT2D eigenvalue weighted by atomic mass is 32.2. The molecule has 1 fully saturated rings. The van der Waals surface area contributed by atoms with Crippen LogP contribution >= 0.6 is 31.1 Å². The van der Waals surface area contributed by atoms with Crippen molar-refractivity contribution in [1.82, 2.24) is 19.5 Å². The van der Waals surface area contributed by atoms with E-state index in [2.05, 4.69) is 15.0 Å². The topological polar surface area (TPSA) is 169 Å². The molecule has 0 bridgehead atoms. The molecule has 0 aliphatic carbocycles. The monoisotopic (exact) mass is 617 g/mol. The number of carbonyl (C=O) groups excluding carboxylic acids is 2. The summed E-state index contributed by atoms with van der Waals surface area (Å²) in [5.41, 5.74) is 5.84. The largest absolute Gasteiger partial charge is 0.394 e. The number of aromatic nitrogens is 4. The lowest BCUT2D eigenvalue weighted by molar-refractivity contribution is -0.118. The first kappa shape index (κ1) is 33.0. The van der Waals surface area contributed by atoms with Crippen molar-refractivity contribution in [2.75, 3.05) is 43.2 Å². The molecule has 0 aromatic carbocycles. The highest BCUT2D eigenvalue weighted by Crippen LogP contribution is 2.53. The zero-order chi connectivity index (χ0) is 29.7. The molecule has 3 unspecified atom stereocenters. The molecular formula is C25H40N5O7PS2. The Morgan fingerprint density at radius 1 is 1.07 bits per heavy atom. The Hall–Kier alpha value is -1.54. The van der Waals surface area contributed by atoms with Gasteiger partial charge >= 0.3 is 7.60 Å². The highest BCUT2D eigenvalue weighted by Gasteiger charge is 2.42. The van der Waals surface area contributed by atoms with Crippen LogP contribution in [0.3, 0.4) is 0 Å². The van der Waals surface area contributed by atoms with Gasteiger partial charge in [0.1, 0.15) is 18.1 Å². The highest BCUT2D eigenvalue weighted by molar-refractivity contribution is 8.14. The maximum atomic E-state index is 13.9. The third-order valence-corrected chi connectivity index (χ3v) is 10.7. The lowest BCUT2D eigenvalue weighted by Crippen LogP contribution is -2.24. The summed E-state index contributed by atoms with van der Waals surface area (Å²) in [7, 11) is -3.69. The number of rotatable bonds is 12.